The highest BCUT2D eigenvalue weighted by Gasteiger charge is 2.40. The lowest BCUT2D eigenvalue weighted by atomic mass is 9.84. The molecular formula is C17H18O2. The summed E-state index contributed by atoms with van der Waals surface area (Å²) < 4.78 is 5.48. The van der Waals surface area contributed by atoms with Gasteiger partial charge in [-0.2, -0.15) is 0 Å². The minimum atomic E-state index is 0.266. The molecule has 0 saturated heterocycles. The maximum atomic E-state index is 12.5. The van der Waals surface area contributed by atoms with E-state index in [1.165, 1.54) is 25.7 Å². The van der Waals surface area contributed by atoms with E-state index < -0.39 is 0 Å². The van der Waals surface area contributed by atoms with Crippen LogP contribution >= 0.6 is 0 Å². The molecular weight excluding hydrogens is 236 g/mol. The smallest absolute Gasteiger partial charge is 0.167 e. The van der Waals surface area contributed by atoms with E-state index in [9.17, 15) is 4.79 Å². The van der Waals surface area contributed by atoms with E-state index in [-0.39, 0.29) is 5.78 Å². The molecule has 0 amide bonds. The number of rotatable bonds is 3. The van der Waals surface area contributed by atoms with Crippen molar-refractivity contribution < 1.29 is 9.21 Å². The van der Waals surface area contributed by atoms with Crippen molar-refractivity contribution in [3.63, 3.8) is 0 Å². The molecule has 2 aromatic rings. The van der Waals surface area contributed by atoms with E-state index in [0.717, 1.165) is 28.4 Å². The number of carbonyl (C=O) groups is 1. The zero-order chi connectivity index (χ0) is 12.8. The monoisotopic (exact) mass is 254 g/mol. The highest BCUT2D eigenvalue weighted by molar-refractivity contribution is 6.07. The number of benzene rings is 1. The molecule has 3 atom stereocenters. The van der Waals surface area contributed by atoms with Crippen molar-refractivity contribution in [3.8, 4) is 0 Å². The van der Waals surface area contributed by atoms with Crippen LogP contribution in [0.15, 0.2) is 34.9 Å². The second kappa shape index (κ2) is 4.22. The topological polar surface area (TPSA) is 30.2 Å². The van der Waals surface area contributed by atoms with Crippen LogP contribution in [0, 0.1) is 17.8 Å². The summed E-state index contributed by atoms with van der Waals surface area (Å²) in [5.74, 6) is 2.61. The molecule has 2 aliphatic carbocycles. The minimum Gasteiger partial charge on any atom is -0.464 e. The Hall–Kier alpha value is -1.57. The van der Waals surface area contributed by atoms with E-state index in [1.807, 2.05) is 24.3 Å². The average Bonchev–Trinajstić information content (AvgIpc) is 3.13. The highest BCUT2D eigenvalue weighted by Crippen LogP contribution is 2.49. The van der Waals surface area contributed by atoms with Crippen molar-refractivity contribution in [3.05, 3.63) is 36.1 Å². The van der Waals surface area contributed by atoms with Crippen molar-refractivity contribution in [2.45, 2.75) is 32.1 Å². The molecule has 3 unspecified atom stereocenters. The van der Waals surface area contributed by atoms with E-state index in [4.69, 9.17) is 4.42 Å². The molecule has 0 radical (unpaired) electrons. The summed E-state index contributed by atoms with van der Waals surface area (Å²) in [4.78, 5) is 12.5. The first-order valence-electron chi connectivity index (χ1n) is 7.30. The average molecular weight is 254 g/mol. The van der Waals surface area contributed by atoms with Crippen LogP contribution in [0.5, 0.6) is 0 Å². The van der Waals surface area contributed by atoms with Gasteiger partial charge in [-0.1, -0.05) is 24.6 Å². The Balaban J connectivity index is 1.57. The Bertz CT molecular complexity index is 625. The summed E-state index contributed by atoms with van der Waals surface area (Å²) >= 11 is 0. The second-order valence-electron chi connectivity index (χ2n) is 6.21. The molecule has 2 saturated carbocycles. The lowest BCUT2D eigenvalue weighted by Gasteiger charge is -2.20. The third kappa shape index (κ3) is 1.81. The van der Waals surface area contributed by atoms with Gasteiger partial charge in [0.1, 0.15) is 11.8 Å². The number of hydrogen-bond acceptors (Lipinski definition) is 2. The molecule has 2 bridgehead atoms. The number of para-hydroxylation sites is 1. The van der Waals surface area contributed by atoms with Crippen LogP contribution in [0.3, 0.4) is 0 Å². The van der Waals surface area contributed by atoms with Crippen molar-refractivity contribution in [1.82, 2.24) is 0 Å². The summed E-state index contributed by atoms with van der Waals surface area (Å²) in [5, 5.41) is 0.968. The lowest BCUT2D eigenvalue weighted by molar-refractivity contribution is 0.0945. The normalized spacial score (nSPS) is 29.2. The van der Waals surface area contributed by atoms with Gasteiger partial charge in [0.2, 0.25) is 0 Å². The molecule has 4 rings (SSSR count). The van der Waals surface area contributed by atoms with Gasteiger partial charge in [-0.3, -0.25) is 4.79 Å². The van der Waals surface area contributed by atoms with Gasteiger partial charge in [-0.15, -0.1) is 0 Å². The van der Waals surface area contributed by atoms with Crippen molar-refractivity contribution >= 4 is 16.8 Å². The van der Waals surface area contributed by atoms with Crippen LogP contribution in [-0.2, 0) is 0 Å². The molecule has 2 fully saturated rings. The molecule has 2 nitrogen and oxygen atoms in total. The van der Waals surface area contributed by atoms with E-state index in [1.54, 1.807) is 6.26 Å². The number of hydrogen-bond donors (Lipinski definition) is 0. The summed E-state index contributed by atoms with van der Waals surface area (Å²) in [7, 11) is 0. The largest absolute Gasteiger partial charge is 0.464 e. The summed E-state index contributed by atoms with van der Waals surface area (Å²) in [6, 6.07) is 7.80. The molecule has 0 aliphatic heterocycles. The molecule has 1 aromatic carbocycles. The van der Waals surface area contributed by atoms with E-state index >= 15 is 0 Å². The predicted molar refractivity (Wildman–Crippen MR) is 74.1 cm³/mol. The molecule has 98 valence electrons. The third-order valence-electron chi connectivity index (χ3n) is 5.11. The standard InChI is InChI=1S/C17H18O2/c18-16(9-13-8-11-5-6-12(13)7-11)15-10-19-17-4-2-1-3-14(15)17/h1-4,10-13H,5-9H2. The first-order valence-corrected chi connectivity index (χ1v) is 7.30. The van der Waals surface area contributed by atoms with Gasteiger partial charge in [0.05, 0.1) is 5.56 Å². The van der Waals surface area contributed by atoms with Crippen LogP contribution in [0.2, 0.25) is 0 Å². The maximum absolute atomic E-state index is 12.5. The SMILES string of the molecule is O=C(CC1CC2CCC1C2)c1coc2ccccc12. The summed E-state index contributed by atoms with van der Waals surface area (Å²) in [5.41, 5.74) is 1.59. The fourth-order valence-corrected chi connectivity index (χ4v) is 4.17. The van der Waals surface area contributed by atoms with Crippen molar-refractivity contribution in [2.24, 2.45) is 17.8 Å². The van der Waals surface area contributed by atoms with Crippen LogP contribution in [0.1, 0.15) is 42.5 Å². The van der Waals surface area contributed by atoms with Crippen molar-refractivity contribution in [1.29, 1.82) is 0 Å². The van der Waals surface area contributed by atoms with E-state index in [0.29, 0.717) is 12.3 Å². The molecule has 1 heterocycles. The summed E-state index contributed by atoms with van der Waals surface area (Å²) in [6.07, 6.45) is 7.72. The van der Waals surface area contributed by atoms with Crippen LogP contribution in [0.25, 0.3) is 11.0 Å². The summed E-state index contributed by atoms with van der Waals surface area (Å²) in [6.45, 7) is 0. The fourth-order valence-electron chi connectivity index (χ4n) is 4.17. The molecule has 2 heteroatoms. The van der Waals surface area contributed by atoms with Gasteiger partial charge in [0.25, 0.3) is 0 Å². The zero-order valence-electron chi connectivity index (χ0n) is 11.0. The second-order valence-corrected chi connectivity index (χ2v) is 6.21. The van der Waals surface area contributed by atoms with Gasteiger partial charge in [-0.25, -0.2) is 0 Å². The molecule has 19 heavy (non-hydrogen) atoms. The van der Waals surface area contributed by atoms with Gasteiger partial charge >= 0.3 is 0 Å². The van der Waals surface area contributed by atoms with Crippen LogP contribution in [-0.4, -0.2) is 5.78 Å². The molecule has 0 N–H and O–H groups in total. The van der Waals surface area contributed by atoms with Crippen LogP contribution < -0.4 is 0 Å². The Morgan fingerprint density at radius 1 is 1.21 bits per heavy atom. The Kier molecular flexibility index (Phi) is 2.51. The fraction of sp³-hybridized carbons (Fsp3) is 0.471. The predicted octanol–water partition coefficient (Wildman–Crippen LogP) is 4.44. The minimum absolute atomic E-state index is 0.266. The van der Waals surface area contributed by atoms with Gasteiger partial charge < -0.3 is 4.42 Å². The maximum Gasteiger partial charge on any atom is 0.167 e. The Morgan fingerprint density at radius 3 is 2.89 bits per heavy atom. The number of Topliss-reactive ketones (excluding diaryl/α,β-unsaturated/α-hetero) is 1. The highest BCUT2D eigenvalue weighted by atomic mass is 16.3. The first-order chi connectivity index (χ1) is 9.31. The van der Waals surface area contributed by atoms with Gasteiger partial charge in [-0.05, 0) is 43.1 Å². The van der Waals surface area contributed by atoms with Gasteiger partial charge in [0, 0.05) is 11.8 Å². The zero-order valence-corrected chi connectivity index (χ0v) is 11.0. The number of carbonyl (C=O) groups excluding carboxylic acids is 1. The van der Waals surface area contributed by atoms with Crippen LogP contribution in [0.4, 0.5) is 0 Å². The third-order valence-corrected chi connectivity index (χ3v) is 5.11. The number of fused-ring (bicyclic) bond motifs is 3. The van der Waals surface area contributed by atoms with E-state index in [2.05, 4.69) is 0 Å². The lowest BCUT2D eigenvalue weighted by Crippen LogP contribution is -2.15. The van der Waals surface area contributed by atoms with Gasteiger partial charge in [0.15, 0.2) is 5.78 Å². The molecule has 1 aromatic heterocycles. The first kappa shape index (κ1) is 11.3. The quantitative estimate of drug-likeness (QED) is 0.758. The Morgan fingerprint density at radius 2 is 2.11 bits per heavy atom. The number of furan rings is 1. The Labute approximate surface area is 112 Å². The molecule has 2 aliphatic rings. The van der Waals surface area contributed by atoms with Crippen molar-refractivity contribution in [2.75, 3.05) is 0 Å². The number of ketones is 1. The molecule has 0 spiro atoms.